The SMILES string of the molecule is CC(C)OC1CCC(NC(=O)NC[C@@H]2CCCN(C)C2)CC1. The maximum absolute atomic E-state index is 12.0. The first-order chi connectivity index (χ1) is 10.5. The molecule has 0 aromatic carbocycles. The maximum Gasteiger partial charge on any atom is 0.315 e. The smallest absolute Gasteiger partial charge is 0.315 e. The van der Waals surface area contributed by atoms with Gasteiger partial charge in [0, 0.05) is 19.1 Å². The Hall–Kier alpha value is -0.810. The van der Waals surface area contributed by atoms with Crippen molar-refractivity contribution < 1.29 is 9.53 Å². The molecular weight excluding hydrogens is 278 g/mol. The number of nitrogens with one attached hydrogen (secondary N) is 2. The number of urea groups is 1. The number of ether oxygens (including phenoxy) is 1. The summed E-state index contributed by atoms with van der Waals surface area (Å²) in [5.41, 5.74) is 0. The molecule has 1 aliphatic carbocycles. The van der Waals surface area contributed by atoms with Gasteiger partial charge < -0.3 is 20.3 Å². The van der Waals surface area contributed by atoms with E-state index >= 15 is 0 Å². The second kappa shape index (κ2) is 8.73. The van der Waals surface area contributed by atoms with Crippen molar-refractivity contribution >= 4 is 6.03 Å². The normalized spacial score (nSPS) is 30.3. The van der Waals surface area contributed by atoms with E-state index in [0.717, 1.165) is 38.8 Å². The third kappa shape index (κ3) is 6.13. The van der Waals surface area contributed by atoms with Crippen LogP contribution in [0, 0.1) is 5.92 Å². The van der Waals surface area contributed by atoms with Crippen LogP contribution in [0.1, 0.15) is 52.4 Å². The largest absolute Gasteiger partial charge is 0.376 e. The molecule has 2 N–H and O–H groups in total. The van der Waals surface area contributed by atoms with E-state index in [4.69, 9.17) is 4.74 Å². The van der Waals surface area contributed by atoms with Crippen LogP contribution >= 0.6 is 0 Å². The third-order valence-corrected chi connectivity index (χ3v) is 4.75. The van der Waals surface area contributed by atoms with Crippen LogP contribution in [0.2, 0.25) is 0 Å². The highest BCUT2D eigenvalue weighted by Crippen LogP contribution is 2.22. The highest BCUT2D eigenvalue weighted by Gasteiger charge is 2.24. The number of carbonyl (C=O) groups is 1. The molecule has 128 valence electrons. The van der Waals surface area contributed by atoms with Crippen LogP contribution < -0.4 is 10.6 Å². The quantitative estimate of drug-likeness (QED) is 0.819. The number of rotatable bonds is 5. The Balaban J connectivity index is 1.59. The van der Waals surface area contributed by atoms with E-state index in [1.807, 2.05) is 0 Å². The average molecular weight is 311 g/mol. The Morgan fingerprint density at radius 3 is 2.59 bits per heavy atom. The lowest BCUT2D eigenvalue weighted by molar-refractivity contribution is -0.0155. The van der Waals surface area contributed by atoms with Crippen molar-refractivity contribution in [1.82, 2.24) is 15.5 Å². The first-order valence-corrected chi connectivity index (χ1v) is 8.91. The number of hydrogen-bond donors (Lipinski definition) is 2. The Kier molecular flexibility index (Phi) is 6.96. The van der Waals surface area contributed by atoms with E-state index in [0.29, 0.717) is 24.2 Å². The molecule has 1 atom stereocenters. The van der Waals surface area contributed by atoms with Crippen LogP contribution in [0.3, 0.4) is 0 Å². The summed E-state index contributed by atoms with van der Waals surface area (Å²) in [6, 6.07) is 0.308. The molecule has 1 saturated carbocycles. The maximum atomic E-state index is 12.0. The molecule has 1 heterocycles. The number of amides is 2. The van der Waals surface area contributed by atoms with Crippen molar-refractivity contribution in [3.63, 3.8) is 0 Å². The zero-order valence-corrected chi connectivity index (χ0v) is 14.4. The van der Waals surface area contributed by atoms with Gasteiger partial charge in [-0.15, -0.1) is 0 Å². The molecule has 2 aliphatic rings. The standard InChI is InChI=1S/C17H33N3O2/c1-13(2)22-16-8-6-15(7-9-16)19-17(21)18-11-14-5-4-10-20(3)12-14/h13-16H,4-12H2,1-3H3,(H2,18,19,21)/t14-,15?,16?/m0/s1. The summed E-state index contributed by atoms with van der Waals surface area (Å²) in [5, 5.41) is 6.18. The Morgan fingerprint density at radius 2 is 1.95 bits per heavy atom. The molecular formula is C17H33N3O2. The van der Waals surface area contributed by atoms with Gasteiger partial charge in [0.2, 0.25) is 0 Å². The molecule has 2 amide bonds. The monoisotopic (exact) mass is 311 g/mol. The second-order valence-corrected chi connectivity index (χ2v) is 7.28. The topological polar surface area (TPSA) is 53.6 Å². The molecule has 5 heteroatoms. The van der Waals surface area contributed by atoms with E-state index in [1.54, 1.807) is 0 Å². The number of likely N-dealkylation sites (tertiary alicyclic amines) is 1. The Bertz CT molecular complexity index is 341. The van der Waals surface area contributed by atoms with Gasteiger partial charge in [0.15, 0.2) is 0 Å². The van der Waals surface area contributed by atoms with Gasteiger partial charge in [-0.2, -0.15) is 0 Å². The molecule has 0 radical (unpaired) electrons. The van der Waals surface area contributed by atoms with Gasteiger partial charge in [0.1, 0.15) is 0 Å². The van der Waals surface area contributed by atoms with E-state index in [2.05, 4.69) is 36.4 Å². The van der Waals surface area contributed by atoms with Gasteiger partial charge in [0.25, 0.3) is 0 Å². The summed E-state index contributed by atoms with van der Waals surface area (Å²) < 4.78 is 5.85. The predicted molar refractivity (Wildman–Crippen MR) is 89.0 cm³/mol. The van der Waals surface area contributed by atoms with Gasteiger partial charge in [0.05, 0.1) is 12.2 Å². The number of nitrogens with zero attached hydrogens (tertiary/aromatic N) is 1. The van der Waals surface area contributed by atoms with Crippen LogP contribution in [0.25, 0.3) is 0 Å². The predicted octanol–water partition coefficient (Wildman–Crippen LogP) is 2.36. The number of carbonyl (C=O) groups excluding carboxylic acids is 1. The summed E-state index contributed by atoms with van der Waals surface area (Å²) in [7, 11) is 2.16. The van der Waals surface area contributed by atoms with Crippen LogP contribution in [0.5, 0.6) is 0 Å². The number of piperidine rings is 1. The van der Waals surface area contributed by atoms with Gasteiger partial charge in [-0.25, -0.2) is 4.79 Å². The molecule has 22 heavy (non-hydrogen) atoms. The zero-order chi connectivity index (χ0) is 15.9. The molecule has 1 aliphatic heterocycles. The van der Waals surface area contributed by atoms with E-state index in [-0.39, 0.29) is 6.03 Å². The van der Waals surface area contributed by atoms with E-state index < -0.39 is 0 Å². The van der Waals surface area contributed by atoms with Gasteiger partial charge in [-0.05, 0) is 71.9 Å². The first kappa shape index (κ1) is 17.5. The third-order valence-electron chi connectivity index (χ3n) is 4.75. The molecule has 0 aromatic heterocycles. The van der Waals surface area contributed by atoms with Crippen molar-refractivity contribution in [2.24, 2.45) is 5.92 Å². The molecule has 5 nitrogen and oxygen atoms in total. The van der Waals surface area contributed by atoms with Crippen molar-refractivity contribution in [3.05, 3.63) is 0 Å². The van der Waals surface area contributed by atoms with Gasteiger partial charge in [-0.3, -0.25) is 0 Å². The summed E-state index contributed by atoms with van der Waals surface area (Å²) in [6.07, 6.45) is 7.29. The molecule has 0 aromatic rings. The van der Waals surface area contributed by atoms with E-state index in [1.165, 1.54) is 19.4 Å². The lowest BCUT2D eigenvalue weighted by Gasteiger charge is -2.31. The van der Waals surface area contributed by atoms with E-state index in [9.17, 15) is 4.79 Å². The van der Waals surface area contributed by atoms with Gasteiger partial charge in [-0.1, -0.05) is 0 Å². The molecule has 1 saturated heterocycles. The average Bonchev–Trinajstić information content (AvgIpc) is 2.47. The van der Waals surface area contributed by atoms with Crippen molar-refractivity contribution in [3.8, 4) is 0 Å². The fourth-order valence-electron chi connectivity index (χ4n) is 3.64. The second-order valence-electron chi connectivity index (χ2n) is 7.28. The van der Waals surface area contributed by atoms with Crippen LogP contribution in [-0.2, 0) is 4.74 Å². The highest BCUT2D eigenvalue weighted by molar-refractivity contribution is 5.74. The zero-order valence-electron chi connectivity index (χ0n) is 14.4. The highest BCUT2D eigenvalue weighted by atomic mass is 16.5. The fraction of sp³-hybridized carbons (Fsp3) is 0.941. The van der Waals surface area contributed by atoms with Crippen molar-refractivity contribution in [2.75, 3.05) is 26.7 Å². The lowest BCUT2D eigenvalue weighted by Crippen LogP contribution is -2.47. The molecule has 0 spiro atoms. The van der Waals surface area contributed by atoms with Gasteiger partial charge >= 0.3 is 6.03 Å². The van der Waals surface area contributed by atoms with Crippen molar-refractivity contribution in [2.45, 2.75) is 70.6 Å². The van der Waals surface area contributed by atoms with Crippen LogP contribution in [0.15, 0.2) is 0 Å². The minimum atomic E-state index is 0.00135. The summed E-state index contributed by atoms with van der Waals surface area (Å²) in [5.74, 6) is 0.597. The summed E-state index contributed by atoms with van der Waals surface area (Å²) >= 11 is 0. The van der Waals surface area contributed by atoms with Crippen molar-refractivity contribution in [1.29, 1.82) is 0 Å². The molecule has 2 rings (SSSR count). The minimum absolute atomic E-state index is 0.00135. The Labute approximate surface area is 135 Å². The van der Waals surface area contributed by atoms with Crippen LogP contribution in [0.4, 0.5) is 4.79 Å². The molecule has 2 fully saturated rings. The molecule has 0 bridgehead atoms. The lowest BCUT2D eigenvalue weighted by atomic mass is 9.93. The minimum Gasteiger partial charge on any atom is -0.376 e. The molecule has 0 unspecified atom stereocenters. The number of hydrogen-bond acceptors (Lipinski definition) is 3. The van der Waals surface area contributed by atoms with Crippen LogP contribution in [-0.4, -0.2) is 55.9 Å². The fourth-order valence-corrected chi connectivity index (χ4v) is 3.64. The summed E-state index contributed by atoms with van der Waals surface area (Å²) in [4.78, 5) is 14.4. The summed E-state index contributed by atoms with van der Waals surface area (Å²) in [6.45, 7) is 7.24. The Morgan fingerprint density at radius 1 is 1.23 bits per heavy atom. The first-order valence-electron chi connectivity index (χ1n) is 8.91.